The first-order valence-electron chi connectivity index (χ1n) is 8.60. The van der Waals surface area contributed by atoms with Gasteiger partial charge in [0, 0.05) is 25.2 Å². The summed E-state index contributed by atoms with van der Waals surface area (Å²) in [4.78, 5) is 14.4. The molecule has 1 amide bonds. The fourth-order valence-corrected chi connectivity index (χ4v) is 3.32. The van der Waals surface area contributed by atoms with Gasteiger partial charge in [0.05, 0.1) is 6.10 Å². The van der Waals surface area contributed by atoms with E-state index in [1.807, 2.05) is 29.2 Å². The molecule has 132 valence electrons. The smallest absolute Gasteiger partial charge is 0.253 e. The van der Waals surface area contributed by atoms with Crippen molar-refractivity contribution in [3.05, 3.63) is 71.0 Å². The number of likely N-dealkylation sites (tertiary alicyclic amines) is 1. The van der Waals surface area contributed by atoms with Crippen LogP contribution in [0.4, 0.5) is 4.39 Å². The average Bonchev–Trinajstić information content (AvgIpc) is 2.67. The Morgan fingerprint density at radius 3 is 2.28 bits per heavy atom. The SMILES string of the molecule is NCc1ccc(C(=O)N2CCC(C(O)c3ccc(F)cc3)CC2)cc1. The molecule has 0 radical (unpaired) electrons. The Labute approximate surface area is 147 Å². The standard InChI is InChI=1S/C20H23FN2O2/c21-18-7-5-15(6-8-18)19(24)16-9-11-23(12-10-16)20(25)17-3-1-14(13-22)2-4-17/h1-8,16,19,24H,9-13,22H2. The van der Waals surface area contributed by atoms with Gasteiger partial charge in [-0.3, -0.25) is 4.79 Å². The van der Waals surface area contributed by atoms with Crippen LogP contribution in [0, 0.1) is 11.7 Å². The normalized spacial score (nSPS) is 16.7. The van der Waals surface area contributed by atoms with Gasteiger partial charge in [-0.25, -0.2) is 4.39 Å². The van der Waals surface area contributed by atoms with E-state index in [2.05, 4.69) is 0 Å². The number of aliphatic hydroxyl groups is 1. The van der Waals surface area contributed by atoms with Crippen molar-refractivity contribution in [2.45, 2.75) is 25.5 Å². The Bertz CT molecular complexity index is 707. The lowest BCUT2D eigenvalue weighted by molar-refractivity contribution is 0.0462. The molecule has 0 aromatic heterocycles. The number of hydrogen-bond acceptors (Lipinski definition) is 3. The number of piperidine rings is 1. The van der Waals surface area contributed by atoms with E-state index in [0.717, 1.165) is 24.0 Å². The minimum absolute atomic E-state index is 0.0123. The second-order valence-corrected chi connectivity index (χ2v) is 6.53. The van der Waals surface area contributed by atoms with Crippen LogP contribution in [0.25, 0.3) is 0 Å². The van der Waals surface area contributed by atoms with E-state index in [4.69, 9.17) is 5.73 Å². The number of nitrogens with zero attached hydrogens (tertiary/aromatic N) is 1. The number of aliphatic hydroxyl groups excluding tert-OH is 1. The minimum atomic E-state index is -0.623. The molecule has 2 aromatic carbocycles. The Balaban J connectivity index is 1.59. The number of amides is 1. The lowest BCUT2D eigenvalue weighted by Crippen LogP contribution is -2.39. The fraction of sp³-hybridized carbons (Fsp3) is 0.350. The zero-order valence-corrected chi connectivity index (χ0v) is 14.1. The van der Waals surface area contributed by atoms with Gasteiger partial charge in [0.15, 0.2) is 0 Å². The third kappa shape index (κ3) is 4.06. The Morgan fingerprint density at radius 2 is 1.72 bits per heavy atom. The molecule has 1 atom stereocenters. The highest BCUT2D eigenvalue weighted by Crippen LogP contribution is 2.31. The van der Waals surface area contributed by atoms with Gasteiger partial charge < -0.3 is 15.7 Å². The molecular formula is C20H23FN2O2. The fourth-order valence-electron chi connectivity index (χ4n) is 3.32. The molecule has 0 bridgehead atoms. The van der Waals surface area contributed by atoms with Crippen LogP contribution >= 0.6 is 0 Å². The first-order chi connectivity index (χ1) is 12.1. The van der Waals surface area contributed by atoms with Crippen molar-refractivity contribution in [1.29, 1.82) is 0 Å². The number of hydrogen-bond donors (Lipinski definition) is 2. The van der Waals surface area contributed by atoms with Gasteiger partial charge in [-0.15, -0.1) is 0 Å². The average molecular weight is 342 g/mol. The molecule has 5 heteroatoms. The van der Waals surface area contributed by atoms with Crippen LogP contribution in [0.3, 0.4) is 0 Å². The molecule has 1 unspecified atom stereocenters. The summed E-state index contributed by atoms with van der Waals surface area (Å²) in [5, 5.41) is 10.5. The van der Waals surface area contributed by atoms with E-state index in [9.17, 15) is 14.3 Å². The first-order valence-corrected chi connectivity index (χ1v) is 8.60. The van der Waals surface area contributed by atoms with Crippen molar-refractivity contribution in [2.24, 2.45) is 11.7 Å². The van der Waals surface area contributed by atoms with E-state index in [1.165, 1.54) is 12.1 Å². The lowest BCUT2D eigenvalue weighted by atomic mass is 9.87. The third-order valence-corrected chi connectivity index (χ3v) is 4.92. The first kappa shape index (κ1) is 17.6. The number of carbonyl (C=O) groups excluding carboxylic acids is 1. The molecule has 1 fully saturated rings. The van der Waals surface area contributed by atoms with Crippen LogP contribution < -0.4 is 5.73 Å². The summed E-state index contributed by atoms with van der Waals surface area (Å²) in [6, 6.07) is 13.3. The topological polar surface area (TPSA) is 66.6 Å². The molecule has 25 heavy (non-hydrogen) atoms. The Morgan fingerprint density at radius 1 is 1.12 bits per heavy atom. The van der Waals surface area contributed by atoms with Crippen molar-refractivity contribution >= 4 is 5.91 Å². The van der Waals surface area contributed by atoms with Crippen LogP contribution in [-0.4, -0.2) is 29.0 Å². The summed E-state index contributed by atoms with van der Waals surface area (Å²) in [6.45, 7) is 1.68. The maximum atomic E-state index is 13.0. The summed E-state index contributed by atoms with van der Waals surface area (Å²) < 4.78 is 13.0. The van der Waals surface area contributed by atoms with Gasteiger partial charge in [-0.1, -0.05) is 24.3 Å². The van der Waals surface area contributed by atoms with Crippen molar-refractivity contribution in [1.82, 2.24) is 4.90 Å². The summed E-state index contributed by atoms with van der Waals surface area (Å²) in [7, 11) is 0. The van der Waals surface area contributed by atoms with E-state index in [1.54, 1.807) is 12.1 Å². The summed E-state index contributed by atoms with van der Waals surface area (Å²) >= 11 is 0. The molecule has 1 saturated heterocycles. The van der Waals surface area contributed by atoms with Crippen LogP contribution in [-0.2, 0) is 6.54 Å². The molecule has 2 aromatic rings. The molecule has 0 saturated carbocycles. The zero-order valence-electron chi connectivity index (χ0n) is 14.1. The van der Waals surface area contributed by atoms with E-state index in [0.29, 0.717) is 25.2 Å². The summed E-state index contributed by atoms with van der Waals surface area (Å²) in [5.74, 6) is -0.218. The molecule has 1 heterocycles. The predicted molar refractivity (Wildman–Crippen MR) is 94.3 cm³/mol. The van der Waals surface area contributed by atoms with Crippen LogP contribution in [0.2, 0.25) is 0 Å². The van der Waals surface area contributed by atoms with Gasteiger partial charge in [0.1, 0.15) is 5.82 Å². The number of carbonyl (C=O) groups is 1. The van der Waals surface area contributed by atoms with Crippen molar-refractivity contribution in [3.63, 3.8) is 0 Å². The Kier molecular flexibility index (Phi) is 5.46. The molecule has 0 aliphatic carbocycles. The number of rotatable bonds is 4. The van der Waals surface area contributed by atoms with Crippen LogP contribution in [0.15, 0.2) is 48.5 Å². The van der Waals surface area contributed by atoms with Gasteiger partial charge in [-0.2, -0.15) is 0 Å². The summed E-state index contributed by atoms with van der Waals surface area (Å²) in [6.07, 6.45) is 0.831. The molecule has 3 rings (SSSR count). The van der Waals surface area contributed by atoms with Gasteiger partial charge >= 0.3 is 0 Å². The number of nitrogens with two attached hydrogens (primary N) is 1. The molecule has 3 N–H and O–H groups in total. The largest absolute Gasteiger partial charge is 0.388 e. The van der Waals surface area contributed by atoms with Crippen molar-refractivity contribution in [2.75, 3.05) is 13.1 Å². The highest BCUT2D eigenvalue weighted by molar-refractivity contribution is 5.94. The zero-order chi connectivity index (χ0) is 17.8. The summed E-state index contributed by atoms with van der Waals surface area (Å²) in [5.41, 5.74) is 7.96. The highest BCUT2D eigenvalue weighted by Gasteiger charge is 2.28. The monoisotopic (exact) mass is 342 g/mol. The molecule has 1 aliphatic heterocycles. The molecule has 0 spiro atoms. The van der Waals surface area contributed by atoms with E-state index in [-0.39, 0.29) is 17.6 Å². The number of benzene rings is 2. The molecule has 1 aliphatic rings. The molecular weight excluding hydrogens is 319 g/mol. The Hall–Kier alpha value is -2.24. The van der Waals surface area contributed by atoms with Gasteiger partial charge in [0.25, 0.3) is 5.91 Å². The van der Waals surface area contributed by atoms with Gasteiger partial charge in [0.2, 0.25) is 0 Å². The maximum Gasteiger partial charge on any atom is 0.253 e. The van der Waals surface area contributed by atoms with Crippen molar-refractivity contribution in [3.8, 4) is 0 Å². The quantitative estimate of drug-likeness (QED) is 0.898. The second-order valence-electron chi connectivity index (χ2n) is 6.53. The third-order valence-electron chi connectivity index (χ3n) is 4.92. The lowest BCUT2D eigenvalue weighted by Gasteiger charge is -2.34. The molecule has 4 nitrogen and oxygen atoms in total. The number of halogens is 1. The maximum absolute atomic E-state index is 13.0. The van der Waals surface area contributed by atoms with Crippen molar-refractivity contribution < 1.29 is 14.3 Å². The van der Waals surface area contributed by atoms with Crippen LogP contribution in [0.5, 0.6) is 0 Å². The van der Waals surface area contributed by atoms with Crippen LogP contribution in [0.1, 0.15) is 40.4 Å². The predicted octanol–water partition coefficient (Wildman–Crippen LogP) is 2.87. The van der Waals surface area contributed by atoms with Gasteiger partial charge in [-0.05, 0) is 54.2 Å². The van der Waals surface area contributed by atoms with E-state index >= 15 is 0 Å². The minimum Gasteiger partial charge on any atom is -0.388 e. The highest BCUT2D eigenvalue weighted by atomic mass is 19.1. The van der Waals surface area contributed by atoms with E-state index < -0.39 is 6.10 Å². The second kappa shape index (κ2) is 7.76.